The smallest absolute Gasteiger partial charge is 0.253 e. The van der Waals surface area contributed by atoms with Gasteiger partial charge >= 0.3 is 0 Å². The Morgan fingerprint density at radius 1 is 1.10 bits per heavy atom. The van der Waals surface area contributed by atoms with Crippen molar-refractivity contribution in [3.8, 4) is 5.75 Å². The van der Waals surface area contributed by atoms with Crippen LogP contribution in [0.4, 0.5) is 13.2 Å². The number of carbonyl (C=O) groups is 2. The maximum absolute atomic E-state index is 13.9. The maximum Gasteiger partial charge on any atom is 0.253 e. The van der Waals surface area contributed by atoms with Crippen LogP contribution in [-0.2, 0) is 11.3 Å². The Bertz CT molecular complexity index is 952. The van der Waals surface area contributed by atoms with Crippen molar-refractivity contribution < 1.29 is 27.5 Å². The molecule has 2 aromatic rings. The molecule has 2 aromatic carbocycles. The summed E-state index contributed by atoms with van der Waals surface area (Å²) < 4.78 is 45.0. The van der Waals surface area contributed by atoms with Crippen LogP contribution in [0.25, 0.3) is 0 Å². The number of rotatable bonds is 7. The van der Waals surface area contributed by atoms with Crippen molar-refractivity contribution >= 4 is 11.8 Å². The fourth-order valence-corrected chi connectivity index (χ4v) is 3.74. The van der Waals surface area contributed by atoms with E-state index >= 15 is 0 Å². The number of carbonyl (C=O) groups excluding carboxylic acids is 2. The summed E-state index contributed by atoms with van der Waals surface area (Å²) in [4.78, 5) is 26.5. The van der Waals surface area contributed by atoms with Gasteiger partial charge in [-0.2, -0.15) is 0 Å². The zero-order chi connectivity index (χ0) is 22.4. The Labute approximate surface area is 179 Å². The first-order chi connectivity index (χ1) is 14.9. The highest BCUT2D eigenvalue weighted by molar-refractivity contribution is 5.94. The third-order valence-electron chi connectivity index (χ3n) is 5.46. The second-order valence-corrected chi connectivity index (χ2v) is 7.67. The van der Waals surface area contributed by atoms with Gasteiger partial charge in [0, 0.05) is 31.6 Å². The standard InChI is InChI=1S/C23H25F3N2O3/c1-31-21-8-6-17(12-20(21)26)23(30)28-10-2-3-15(14-28)5-9-22(29)27-13-16-4-7-18(24)19(25)11-16/h4,6-8,11-12,15H,2-3,5,9-10,13-14H2,1H3,(H,27,29)/t15-/m0/s1. The lowest BCUT2D eigenvalue weighted by Crippen LogP contribution is -2.40. The molecule has 5 nitrogen and oxygen atoms in total. The number of hydrogen-bond donors (Lipinski definition) is 1. The van der Waals surface area contributed by atoms with Crippen molar-refractivity contribution in [2.24, 2.45) is 5.92 Å². The molecule has 1 fully saturated rings. The lowest BCUT2D eigenvalue weighted by atomic mass is 9.92. The molecule has 166 valence electrons. The normalized spacial score (nSPS) is 16.1. The summed E-state index contributed by atoms with van der Waals surface area (Å²) in [6.07, 6.45) is 2.58. The highest BCUT2D eigenvalue weighted by atomic mass is 19.2. The van der Waals surface area contributed by atoms with E-state index in [4.69, 9.17) is 4.74 Å². The van der Waals surface area contributed by atoms with Crippen LogP contribution in [0.5, 0.6) is 5.75 Å². The topological polar surface area (TPSA) is 58.6 Å². The molecule has 0 radical (unpaired) electrons. The molecular formula is C23H25F3N2O3. The first kappa shape index (κ1) is 22.7. The number of benzene rings is 2. The van der Waals surface area contributed by atoms with Crippen molar-refractivity contribution in [2.45, 2.75) is 32.2 Å². The molecule has 3 rings (SSSR count). The monoisotopic (exact) mass is 434 g/mol. The molecule has 0 saturated carbocycles. The molecular weight excluding hydrogens is 409 g/mol. The molecule has 8 heteroatoms. The fraction of sp³-hybridized carbons (Fsp3) is 0.391. The minimum atomic E-state index is -0.949. The van der Waals surface area contributed by atoms with E-state index in [0.717, 1.165) is 25.0 Å². The number of amides is 2. The lowest BCUT2D eigenvalue weighted by molar-refractivity contribution is -0.121. The fourth-order valence-electron chi connectivity index (χ4n) is 3.74. The summed E-state index contributed by atoms with van der Waals surface area (Å²) in [5.41, 5.74) is 0.747. The van der Waals surface area contributed by atoms with Crippen LogP contribution < -0.4 is 10.1 Å². The zero-order valence-electron chi connectivity index (χ0n) is 17.3. The second kappa shape index (κ2) is 10.3. The predicted octanol–water partition coefficient (Wildman–Crippen LogP) is 4.06. The van der Waals surface area contributed by atoms with E-state index < -0.39 is 17.5 Å². The average molecular weight is 434 g/mol. The number of piperidine rings is 1. The van der Waals surface area contributed by atoms with E-state index in [1.807, 2.05) is 0 Å². The third-order valence-corrected chi connectivity index (χ3v) is 5.46. The first-order valence-corrected chi connectivity index (χ1v) is 10.2. The summed E-state index contributed by atoms with van der Waals surface area (Å²) in [7, 11) is 1.36. The van der Waals surface area contributed by atoms with Crippen LogP contribution in [0.3, 0.4) is 0 Å². The lowest BCUT2D eigenvalue weighted by Gasteiger charge is -2.33. The predicted molar refractivity (Wildman–Crippen MR) is 109 cm³/mol. The van der Waals surface area contributed by atoms with Gasteiger partial charge in [0.05, 0.1) is 7.11 Å². The molecule has 1 aliphatic rings. The van der Waals surface area contributed by atoms with E-state index in [0.29, 0.717) is 25.1 Å². The Morgan fingerprint density at radius 2 is 1.90 bits per heavy atom. The van der Waals surface area contributed by atoms with E-state index in [1.54, 1.807) is 11.0 Å². The van der Waals surface area contributed by atoms with Crippen LogP contribution in [-0.4, -0.2) is 36.9 Å². The minimum absolute atomic E-state index is 0.0856. The first-order valence-electron chi connectivity index (χ1n) is 10.2. The zero-order valence-corrected chi connectivity index (χ0v) is 17.3. The number of ether oxygens (including phenoxy) is 1. The van der Waals surface area contributed by atoms with Crippen molar-refractivity contribution in [3.05, 3.63) is 65.0 Å². The summed E-state index contributed by atoms with van der Waals surface area (Å²) in [5, 5.41) is 2.70. The molecule has 1 heterocycles. The maximum atomic E-state index is 13.9. The van der Waals surface area contributed by atoms with Gasteiger partial charge in [-0.1, -0.05) is 6.07 Å². The molecule has 2 amide bonds. The highest BCUT2D eigenvalue weighted by Crippen LogP contribution is 2.24. The van der Waals surface area contributed by atoms with E-state index in [2.05, 4.69) is 5.32 Å². The molecule has 0 aliphatic carbocycles. The van der Waals surface area contributed by atoms with Crippen LogP contribution in [0.15, 0.2) is 36.4 Å². The number of halogens is 3. The second-order valence-electron chi connectivity index (χ2n) is 7.67. The molecule has 0 spiro atoms. The van der Waals surface area contributed by atoms with Gasteiger partial charge in [0.25, 0.3) is 5.91 Å². The third kappa shape index (κ3) is 5.99. The van der Waals surface area contributed by atoms with Gasteiger partial charge in [-0.25, -0.2) is 13.2 Å². The molecule has 0 unspecified atom stereocenters. The van der Waals surface area contributed by atoms with E-state index in [1.165, 1.54) is 25.3 Å². The van der Waals surface area contributed by atoms with Crippen LogP contribution in [0.2, 0.25) is 0 Å². The van der Waals surface area contributed by atoms with E-state index in [9.17, 15) is 22.8 Å². The Morgan fingerprint density at radius 3 is 2.61 bits per heavy atom. The molecule has 1 N–H and O–H groups in total. The minimum Gasteiger partial charge on any atom is -0.494 e. The van der Waals surface area contributed by atoms with Crippen LogP contribution in [0, 0.1) is 23.4 Å². The average Bonchev–Trinajstić information content (AvgIpc) is 2.78. The summed E-state index contributed by atoms with van der Waals surface area (Å²) >= 11 is 0. The summed E-state index contributed by atoms with van der Waals surface area (Å²) in [6, 6.07) is 7.66. The van der Waals surface area contributed by atoms with Crippen molar-refractivity contribution in [1.29, 1.82) is 0 Å². The van der Waals surface area contributed by atoms with Gasteiger partial charge < -0.3 is 15.0 Å². The summed E-state index contributed by atoms with van der Waals surface area (Å²) in [5.74, 6) is -2.64. The Hall–Kier alpha value is -3.03. The molecule has 1 saturated heterocycles. The molecule has 0 bridgehead atoms. The highest BCUT2D eigenvalue weighted by Gasteiger charge is 2.25. The van der Waals surface area contributed by atoms with Gasteiger partial charge in [-0.3, -0.25) is 9.59 Å². The number of likely N-dealkylation sites (tertiary alicyclic amines) is 1. The van der Waals surface area contributed by atoms with Crippen molar-refractivity contribution in [1.82, 2.24) is 10.2 Å². The van der Waals surface area contributed by atoms with Gasteiger partial charge in [0.15, 0.2) is 23.2 Å². The molecule has 31 heavy (non-hydrogen) atoms. The van der Waals surface area contributed by atoms with Gasteiger partial charge in [0.1, 0.15) is 0 Å². The Balaban J connectivity index is 1.47. The molecule has 1 atom stereocenters. The van der Waals surface area contributed by atoms with Gasteiger partial charge in [0.2, 0.25) is 5.91 Å². The van der Waals surface area contributed by atoms with Gasteiger partial charge in [-0.15, -0.1) is 0 Å². The molecule has 1 aliphatic heterocycles. The van der Waals surface area contributed by atoms with Gasteiger partial charge in [-0.05, 0) is 61.1 Å². The number of nitrogens with zero attached hydrogens (tertiary/aromatic N) is 1. The largest absolute Gasteiger partial charge is 0.494 e. The van der Waals surface area contributed by atoms with E-state index in [-0.39, 0.29) is 42.0 Å². The number of nitrogens with one attached hydrogen (secondary N) is 1. The Kier molecular flexibility index (Phi) is 7.55. The SMILES string of the molecule is COc1ccc(C(=O)N2CCC[C@@H](CCC(=O)NCc3ccc(F)c(F)c3)C2)cc1F. The van der Waals surface area contributed by atoms with Crippen molar-refractivity contribution in [3.63, 3.8) is 0 Å². The van der Waals surface area contributed by atoms with Crippen LogP contribution in [0.1, 0.15) is 41.6 Å². The quantitative estimate of drug-likeness (QED) is 0.715. The van der Waals surface area contributed by atoms with Crippen LogP contribution >= 0.6 is 0 Å². The molecule has 0 aromatic heterocycles. The summed E-state index contributed by atoms with van der Waals surface area (Å²) in [6.45, 7) is 1.21. The number of hydrogen-bond acceptors (Lipinski definition) is 3. The number of methoxy groups -OCH3 is 1. The van der Waals surface area contributed by atoms with Crippen molar-refractivity contribution in [2.75, 3.05) is 20.2 Å².